The Hall–Kier alpha value is -4.36. The van der Waals surface area contributed by atoms with Crippen LogP contribution < -0.4 is 19.6 Å². The first-order valence-electron chi connectivity index (χ1n) is 14.8. The Morgan fingerprint density at radius 1 is 0.978 bits per heavy atom. The minimum absolute atomic E-state index is 0.0467. The van der Waals surface area contributed by atoms with Gasteiger partial charge in [0.25, 0.3) is 5.56 Å². The predicted octanol–water partition coefficient (Wildman–Crippen LogP) is 7.64. The van der Waals surface area contributed by atoms with E-state index in [4.69, 9.17) is 32.9 Å². The summed E-state index contributed by atoms with van der Waals surface area (Å²) in [5.41, 5.74) is 8.54. The maximum absolute atomic E-state index is 14.4. The molecule has 1 aliphatic carbocycles. The van der Waals surface area contributed by atoms with Crippen LogP contribution in [-0.2, 0) is 13.0 Å². The third-order valence-corrected chi connectivity index (χ3v) is 10.3. The van der Waals surface area contributed by atoms with E-state index in [0.717, 1.165) is 63.0 Å². The van der Waals surface area contributed by atoms with Gasteiger partial charge in [0.15, 0.2) is 4.80 Å². The molecule has 2 aromatic heterocycles. The number of allylic oxidation sites excluding steroid dienone is 1. The van der Waals surface area contributed by atoms with Crippen molar-refractivity contribution in [1.29, 1.82) is 0 Å². The van der Waals surface area contributed by atoms with Crippen LogP contribution in [0.25, 0.3) is 22.7 Å². The van der Waals surface area contributed by atoms with Crippen molar-refractivity contribution in [1.82, 2.24) is 9.13 Å². The van der Waals surface area contributed by atoms with E-state index < -0.39 is 0 Å². The lowest BCUT2D eigenvalue weighted by Crippen LogP contribution is -2.38. The highest BCUT2D eigenvalue weighted by molar-refractivity contribution is 7.07. The zero-order valence-electron chi connectivity index (χ0n) is 24.3. The summed E-state index contributed by atoms with van der Waals surface area (Å²) < 4.78 is 10.3. The first-order chi connectivity index (χ1) is 22.0. The van der Waals surface area contributed by atoms with Gasteiger partial charge in [0.1, 0.15) is 5.75 Å². The molecule has 4 aromatic carbocycles. The van der Waals surface area contributed by atoms with Crippen LogP contribution in [0.15, 0.2) is 113 Å². The second-order valence-electron chi connectivity index (χ2n) is 11.4. The SMILES string of the molecule is COc1cccc([C@@H]2C3=C(N=c4s/c(=C/c5cn(Cc6ccc(Cl)cc6Cl)c6ccccc56)c(=O)n42)c2ccccc2CC3)c1. The van der Waals surface area contributed by atoms with Gasteiger partial charge in [-0.05, 0) is 71.5 Å². The van der Waals surface area contributed by atoms with Crippen LogP contribution in [-0.4, -0.2) is 16.2 Å². The summed E-state index contributed by atoms with van der Waals surface area (Å²) in [7, 11) is 1.67. The number of nitrogens with zero attached hydrogens (tertiary/aromatic N) is 3. The number of para-hydroxylation sites is 1. The summed E-state index contributed by atoms with van der Waals surface area (Å²) in [6, 6.07) is 30.0. The Labute approximate surface area is 273 Å². The zero-order valence-corrected chi connectivity index (χ0v) is 26.7. The lowest BCUT2D eigenvalue weighted by atomic mass is 9.83. The van der Waals surface area contributed by atoms with Crippen LogP contribution in [0.5, 0.6) is 5.75 Å². The quantitative estimate of drug-likeness (QED) is 0.193. The Balaban J connectivity index is 1.31. The van der Waals surface area contributed by atoms with Crippen LogP contribution in [0.4, 0.5) is 0 Å². The molecule has 0 saturated carbocycles. The summed E-state index contributed by atoms with van der Waals surface area (Å²) in [6.07, 6.45) is 5.84. The van der Waals surface area contributed by atoms with E-state index in [0.29, 0.717) is 25.9 Å². The van der Waals surface area contributed by atoms with Crippen molar-refractivity contribution in [2.45, 2.75) is 25.4 Å². The van der Waals surface area contributed by atoms with Gasteiger partial charge in [0, 0.05) is 44.8 Å². The van der Waals surface area contributed by atoms with E-state index >= 15 is 0 Å². The van der Waals surface area contributed by atoms with E-state index in [9.17, 15) is 4.79 Å². The zero-order chi connectivity index (χ0) is 30.7. The number of benzene rings is 4. The van der Waals surface area contributed by atoms with E-state index in [-0.39, 0.29) is 11.6 Å². The van der Waals surface area contributed by atoms with E-state index in [2.05, 4.69) is 53.2 Å². The Morgan fingerprint density at radius 2 is 1.82 bits per heavy atom. The lowest BCUT2D eigenvalue weighted by molar-refractivity contribution is 0.413. The number of aryl methyl sites for hydroxylation is 1. The number of halogens is 2. The Bertz CT molecular complexity index is 2370. The minimum Gasteiger partial charge on any atom is -0.497 e. The Morgan fingerprint density at radius 3 is 2.69 bits per heavy atom. The monoisotopic (exact) mass is 647 g/mol. The van der Waals surface area contributed by atoms with Crippen molar-refractivity contribution in [2.24, 2.45) is 4.99 Å². The maximum atomic E-state index is 14.4. The largest absolute Gasteiger partial charge is 0.497 e. The van der Waals surface area contributed by atoms with Crippen molar-refractivity contribution in [3.8, 4) is 5.75 Å². The molecule has 0 fully saturated rings. The molecule has 45 heavy (non-hydrogen) atoms. The van der Waals surface area contributed by atoms with Crippen molar-refractivity contribution in [3.63, 3.8) is 0 Å². The number of rotatable bonds is 5. The molecule has 0 N–H and O–H groups in total. The predicted molar refractivity (Wildman–Crippen MR) is 183 cm³/mol. The average Bonchev–Trinajstić information content (AvgIpc) is 3.57. The van der Waals surface area contributed by atoms with Gasteiger partial charge in [0.2, 0.25) is 0 Å². The van der Waals surface area contributed by atoms with Gasteiger partial charge in [-0.3, -0.25) is 9.36 Å². The molecule has 0 amide bonds. The summed E-state index contributed by atoms with van der Waals surface area (Å²) in [5.74, 6) is 0.763. The summed E-state index contributed by atoms with van der Waals surface area (Å²) >= 11 is 14.1. The normalized spacial score (nSPS) is 15.9. The molecule has 6 aromatic rings. The van der Waals surface area contributed by atoms with Gasteiger partial charge in [-0.25, -0.2) is 4.99 Å². The van der Waals surface area contributed by atoms with E-state index in [1.165, 1.54) is 16.9 Å². The van der Waals surface area contributed by atoms with Gasteiger partial charge in [0.05, 0.1) is 23.4 Å². The van der Waals surface area contributed by atoms with Gasteiger partial charge >= 0.3 is 0 Å². The molecule has 8 heteroatoms. The highest BCUT2D eigenvalue weighted by Crippen LogP contribution is 2.41. The maximum Gasteiger partial charge on any atom is 0.271 e. The van der Waals surface area contributed by atoms with E-state index in [1.807, 2.05) is 53.1 Å². The standard InChI is InChI=1S/C37H27Cl2N3O2S/c1-44-27-9-6-8-23(17-27)35-30-16-14-22-7-2-3-11-29(22)34(30)40-37-42(35)36(43)33(45-37)18-25-21-41(32-12-5-4-10-28(25)32)20-24-13-15-26(38)19-31(24)39/h2-13,15,17-19,21,35H,14,16,20H2,1H3/b33-18+/t35-/m1/s1. The second kappa shape index (κ2) is 11.2. The highest BCUT2D eigenvalue weighted by Gasteiger charge is 2.32. The second-order valence-corrected chi connectivity index (χ2v) is 13.2. The number of hydrogen-bond acceptors (Lipinski definition) is 4. The van der Waals surface area contributed by atoms with Crippen molar-refractivity contribution < 1.29 is 4.74 Å². The number of fused-ring (bicyclic) bond motifs is 4. The lowest BCUT2D eigenvalue weighted by Gasteiger charge is -2.31. The molecule has 0 saturated heterocycles. The number of aromatic nitrogens is 2. The molecular weight excluding hydrogens is 621 g/mol. The first kappa shape index (κ1) is 28.1. The topological polar surface area (TPSA) is 48.5 Å². The fourth-order valence-electron chi connectivity index (χ4n) is 6.63. The Kier molecular flexibility index (Phi) is 7.01. The molecule has 1 aliphatic heterocycles. The van der Waals surface area contributed by atoms with Gasteiger partial charge in [-0.1, -0.05) is 95.2 Å². The van der Waals surface area contributed by atoms with Gasteiger partial charge in [-0.2, -0.15) is 0 Å². The van der Waals surface area contributed by atoms with Crippen LogP contribution in [0.3, 0.4) is 0 Å². The molecule has 0 spiro atoms. The number of methoxy groups -OCH3 is 1. The smallest absolute Gasteiger partial charge is 0.271 e. The minimum atomic E-state index is -0.268. The van der Waals surface area contributed by atoms with Crippen molar-refractivity contribution in [3.05, 3.63) is 160 Å². The fourth-order valence-corrected chi connectivity index (χ4v) is 8.09. The van der Waals surface area contributed by atoms with E-state index in [1.54, 1.807) is 13.2 Å². The van der Waals surface area contributed by atoms with Crippen LogP contribution >= 0.6 is 34.5 Å². The third kappa shape index (κ3) is 4.85. The molecular formula is C37H27Cl2N3O2S. The average molecular weight is 649 g/mol. The van der Waals surface area contributed by atoms with Gasteiger partial charge < -0.3 is 9.30 Å². The number of hydrogen-bond donors (Lipinski definition) is 0. The number of thiazole rings is 1. The van der Waals surface area contributed by atoms with Crippen molar-refractivity contribution in [2.75, 3.05) is 7.11 Å². The fraction of sp³-hybridized carbons (Fsp3) is 0.135. The molecule has 2 aliphatic rings. The molecule has 1 atom stereocenters. The highest BCUT2D eigenvalue weighted by atomic mass is 35.5. The molecule has 0 bridgehead atoms. The molecule has 0 radical (unpaired) electrons. The van der Waals surface area contributed by atoms with Crippen LogP contribution in [0.2, 0.25) is 10.0 Å². The third-order valence-electron chi connectivity index (χ3n) is 8.74. The van der Waals surface area contributed by atoms with Gasteiger partial charge in [-0.15, -0.1) is 0 Å². The molecule has 222 valence electrons. The summed E-state index contributed by atoms with van der Waals surface area (Å²) in [5, 5.41) is 2.29. The molecule has 8 rings (SSSR count). The number of ether oxygens (including phenoxy) is 1. The molecule has 3 heterocycles. The summed E-state index contributed by atoms with van der Waals surface area (Å²) in [4.78, 5) is 20.2. The van der Waals surface area contributed by atoms with Crippen LogP contribution in [0.1, 0.15) is 40.3 Å². The van der Waals surface area contributed by atoms with Crippen molar-refractivity contribution >= 4 is 57.2 Å². The molecule has 5 nitrogen and oxygen atoms in total. The summed E-state index contributed by atoms with van der Waals surface area (Å²) in [6.45, 7) is 0.577. The molecule has 0 unspecified atom stereocenters. The first-order valence-corrected chi connectivity index (χ1v) is 16.3. The van der Waals surface area contributed by atoms with Crippen LogP contribution in [0, 0.1) is 0 Å².